The van der Waals surface area contributed by atoms with Gasteiger partial charge >= 0.3 is 5.97 Å². The maximum absolute atomic E-state index is 12.1. The number of rotatable bonds is 9. The van der Waals surface area contributed by atoms with Crippen LogP contribution in [0.15, 0.2) is 18.3 Å². The molecule has 0 bridgehead atoms. The minimum atomic E-state index is -1.10. The number of hydrogen-bond donors (Lipinski definition) is 2. The minimum absolute atomic E-state index is 0.0146. The highest BCUT2D eigenvalue weighted by Crippen LogP contribution is 2.12. The predicted molar refractivity (Wildman–Crippen MR) is 80.0 cm³/mol. The highest BCUT2D eigenvalue weighted by molar-refractivity contribution is 5.96. The zero-order valence-electron chi connectivity index (χ0n) is 13.0. The van der Waals surface area contributed by atoms with Gasteiger partial charge < -0.3 is 19.9 Å². The lowest BCUT2D eigenvalue weighted by Gasteiger charge is -2.15. The van der Waals surface area contributed by atoms with Gasteiger partial charge in [0.05, 0.1) is 6.10 Å². The minimum Gasteiger partial charge on any atom is -0.480 e. The van der Waals surface area contributed by atoms with Crippen LogP contribution in [0.3, 0.4) is 0 Å². The van der Waals surface area contributed by atoms with Gasteiger partial charge in [0.1, 0.15) is 6.04 Å². The van der Waals surface area contributed by atoms with E-state index in [0.717, 1.165) is 6.42 Å². The van der Waals surface area contributed by atoms with E-state index in [1.807, 2.05) is 13.8 Å². The van der Waals surface area contributed by atoms with Gasteiger partial charge in [0.25, 0.3) is 5.91 Å². The third kappa shape index (κ3) is 5.69. The molecular weight excluding hydrogens is 288 g/mol. The second kappa shape index (κ2) is 8.99. The normalized spacial score (nSPS) is 13.2. The first kappa shape index (κ1) is 17.9. The molecule has 0 aliphatic rings. The molecule has 2 unspecified atom stereocenters. The summed E-state index contributed by atoms with van der Waals surface area (Å²) in [4.78, 5) is 27.3. The number of amides is 1. The van der Waals surface area contributed by atoms with Gasteiger partial charge in [0.15, 0.2) is 0 Å². The van der Waals surface area contributed by atoms with Gasteiger partial charge in [0, 0.05) is 38.0 Å². The van der Waals surface area contributed by atoms with Crippen LogP contribution in [0.1, 0.15) is 37.0 Å². The van der Waals surface area contributed by atoms with Crippen LogP contribution in [0.25, 0.3) is 0 Å². The van der Waals surface area contributed by atoms with Gasteiger partial charge in [0.2, 0.25) is 5.88 Å². The lowest BCUT2D eigenvalue weighted by molar-refractivity contribution is -0.139. The molecule has 7 heteroatoms. The highest BCUT2D eigenvalue weighted by Gasteiger charge is 2.20. The summed E-state index contributed by atoms with van der Waals surface area (Å²) in [5, 5.41) is 11.6. The summed E-state index contributed by atoms with van der Waals surface area (Å²) in [6, 6.07) is 2.00. The number of carboxylic acid groups (broad SMARTS) is 1. The first-order chi connectivity index (χ1) is 10.5. The third-order valence-corrected chi connectivity index (χ3v) is 3.11. The summed E-state index contributed by atoms with van der Waals surface area (Å²) < 4.78 is 10.4. The number of nitrogens with one attached hydrogen (secondary N) is 1. The van der Waals surface area contributed by atoms with Crippen molar-refractivity contribution in [2.45, 2.75) is 38.8 Å². The number of nitrogens with zero attached hydrogens (tertiary/aromatic N) is 1. The van der Waals surface area contributed by atoms with E-state index < -0.39 is 17.9 Å². The zero-order chi connectivity index (χ0) is 16.5. The lowest BCUT2D eigenvalue weighted by Crippen LogP contribution is -2.41. The van der Waals surface area contributed by atoms with Crippen molar-refractivity contribution in [2.75, 3.05) is 13.7 Å². The Bertz CT molecular complexity index is 506. The molecule has 1 rings (SSSR count). The number of aliphatic carboxylic acids is 1. The first-order valence-corrected chi connectivity index (χ1v) is 7.13. The Morgan fingerprint density at radius 2 is 2.18 bits per heavy atom. The zero-order valence-corrected chi connectivity index (χ0v) is 13.0. The van der Waals surface area contributed by atoms with Crippen LogP contribution in [0.5, 0.6) is 5.88 Å². The molecule has 0 aromatic carbocycles. The van der Waals surface area contributed by atoms with Crippen molar-refractivity contribution in [3.8, 4) is 5.88 Å². The molecule has 0 spiro atoms. The lowest BCUT2D eigenvalue weighted by atomic mass is 10.2. The van der Waals surface area contributed by atoms with Crippen molar-refractivity contribution < 1.29 is 24.2 Å². The van der Waals surface area contributed by atoms with Crippen LogP contribution in [0.2, 0.25) is 0 Å². The first-order valence-electron chi connectivity index (χ1n) is 7.13. The van der Waals surface area contributed by atoms with E-state index in [1.165, 1.54) is 25.4 Å². The van der Waals surface area contributed by atoms with Gasteiger partial charge in [-0.25, -0.2) is 9.78 Å². The molecule has 1 aromatic rings. The van der Waals surface area contributed by atoms with Crippen LogP contribution in [-0.2, 0) is 9.53 Å². The second-order valence-corrected chi connectivity index (χ2v) is 4.87. The van der Waals surface area contributed by atoms with Crippen molar-refractivity contribution in [2.24, 2.45) is 0 Å². The summed E-state index contributed by atoms with van der Waals surface area (Å²) in [6.45, 7) is 4.13. The molecule has 0 saturated heterocycles. The SMILES string of the molecule is CCC(C)Oc1cc(C(=O)NC(CCOC)C(=O)O)ccn1. The number of carboxylic acids is 1. The van der Waals surface area contributed by atoms with Gasteiger partial charge in [-0.15, -0.1) is 0 Å². The summed E-state index contributed by atoms with van der Waals surface area (Å²) >= 11 is 0. The highest BCUT2D eigenvalue weighted by atomic mass is 16.5. The maximum atomic E-state index is 12.1. The van der Waals surface area contributed by atoms with Crippen molar-refractivity contribution in [1.82, 2.24) is 10.3 Å². The van der Waals surface area contributed by atoms with E-state index in [0.29, 0.717) is 11.4 Å². The topological polar surface area (TPSA) is 97.8 Å². The average molecular weight is 310 g/mol. The Morgan fingerprint density at radius 3 is 2.77 bits per heavy atom. The monoisotopic (exact) mass is 310 g/mol. The van der Waals surface area contributed by atoms with E-state index >= 15 is 0 Å². The van der Waals surface area contributed by atoms with Crippen LogP contribution < -0.4 is 10.1 Å². The smallest absolute Gasteiger partial charge is 0.326 e. The van der Waals surface area contributed by atoms with Crippen molar-refractivity contribution in [1.29, 1.82) is 0 Å². The molecule has 1 aromatic heterocycles. The fraction of sp³-hybridized carbons (Fsp3) is 0.533. The largest absolute Gasteiger partial charge is 0.480 e. The summed E-state index contributed by atoms with van der Waals surface area (Å²) in [5.41, 5.74) is 0.303. The molecule has 1 heterocycles. The number of aromatic nitrogens is 1. The molecule has 0 aliphatic heterocycles. The number of hydrogen-bond acceptors (Lipinski definition) is 5. The summed E-state index contributed by atoms with van der Waals surface area (Å²) in [6.07, 6.45) is 2.45. The fourth-order valence-corrected chi connectivity index (χ4v) is 1.64. The van der Waals surface area contributed by atoms with Gasteiger partial charge in [-0.3, -0.25) is 4.79 Å². The standard InChI is InChI=1S/C15H22N2O5/c1-4-10(2)22-13-9-11(5-7-16-13)14(18)17-12(15(19)20)6-8-21-3/h5,7,9-10,12H,4,6,8H2,1-3H3,(H,17,18)(H,19,20). The molecule has 0 saturated carbocycles. The number of pyridine rings is 1. The van der Waals surface area contributed by atoms with Crippen LogP contribution in [0.4, 0.5) is 0 Å². The maximum Gasteiger partial charge on any atom is 0.326 e. The number of carbonyl (C=O) groups excluding carboxylic acids is 1. The molecule has 22 heavy (non-hydrogen) atoms. The van der Waals surface area contributed by atoms with E-state index in [4.69, 9.17) is 14.6 Å². The van der Waals surface area contributed by atoms with Gasteiger partial charge in [-0.2, -0.15) is 0 Å². The molecule has 0 fully saturated rings. The van der Waals surface area contributed by atoms with Crippen molar-refractivity contribution in [3.05, 3.63) is 23.9 Å². The summed E-state index contributed by atoms with van der Waals surface area (Å²) in [5.74, 6) is -1.25. The fourth-order valence-electron chi connectivity index (χ4n) is 1.64. The Morgan fingerprint density at radius 1 is 1.45 bits per heavy atom. The second-order valence-electron chi connectivity index (χ2n) is 4.87. The van der Waals surface area contributed by atoms with Gasteiger partial charge in [-0.05, 0) is 19.4 Å². The quantitative estimate of drug-likeness (QED) is 0.717. The number of carbonyl (C=O) groups is 2. The van der Waals surface area contributed by atoms with Crippen LogP contribution in [0, 0.1) is 0 Å². The summed E-state index contributed by atoms with van der Waals surface area (Å²) in [7, 11) is 1.47. The van der Waals surface area contributed by atoms with Crippen molar-refractivity contribution >= 4 is 11.9 Å². The van der Waals surface area contributed by atoms with Crippen LogP contribution >= 0.6 is 0 Å². The Balaban J connectivity index is 2.75. The Labute approximate surface area is 129 Å². The molecule has 1 amide bonds. The molecule has 0 aliphatic carbocycles. The Hall–Kier alpha value is -2.15. The molecular formula is C15H22N2O5. The van der Waals surface area contributed by atoms with Crippen LogP contribution in [-0.4, -0.2) is 47.8 Å². The number of ether oxygens (including phenoxy) is 2. The number of methoxy groups -OCH3 is 1. The van der Waals surface area contributed by atoms with E-state index in [2.05, 4.69) is 10.3 Å². The molecule has 122 valence electrons. The third-order valence-electron chi connectivity index (χ3n) is 3.11. The van der Waals surface area contributed by atoms with E-state index in [1.54, 1.807) is 0 Å². The molecule has 2 N–H and O–H groups in total. The van der Waals surface area contributed by atoms with E-state index in [9.17, 15) is 9.59 Å². The van der Waals surface area contributed by atoms with E-state index in [-0.39, 0.29) is 19.1 Å². The van der Waals surface area contributed by atoms with Crippen molar-refractivity contribution in [3.63, 3.8) is 0 Å². The Kier molecular flexibility index (Phi) is 7.31. The molecule has 7 nitrogen and oxygen atoms in total. The molecule has 0 radical (unpaired) electrons. The average Bonchev–Trinajstić information content (AvgIpc) is 2.51. The van der Waals surface area contributed by atoms with Gasteiger partial charge in [-0.1, -0.05) is 6.92 Å². The predicted octanol–water partition coefficient (Wildman–Crippen LogP) is 1.48. The molecule has 2 atom stereocenters.